The first-order valence-electron chi connectivity index (χ1n) is 6.57. The van der Waals surface area contributed by atoms with Gasteiger partial charge in [0.25, 0.3) is 16.8 Å². The largest absolute Gasteiger partial charge is 0.454 e. The van der Waals surface area contributed by atoms with Gasteiger partial charge in [-0.25, -0.2) is 0 Å². The number of nitro benzene ring substituents is 1. The molecule has 1 aromatic carbocycles. The van der Waals surface area contributed by atoms with Crippen molar-refractivity contribution in [1.82, 2.24) is 4.90 Å². The third-order valence-corrected chi connectivity index (χ3v) is 3.76. The highest BCUT2D eigenvalue weighted by atomic mass is 32.2. The number of ether oxygens (including phenoxy) is 1. The number of carbonyl (C=O) groups excluding carboxylic acids is 3. The monoisotopic (exact) mass is 339 g/mol. The van der Waals surface area contributed by atoms with Crippen LogP contribution in [-0.2, 0) is 14.3 Å². The van der Waals surface area contributed by atoms with Gasteiger partial charge in [0.15, 0.2) is 6.61 Å². The summed E-state index contributed by atoms with van der Waals surface area (Å²) in [5, 5.41) is 12.8. The van der Waals surface area contributed by atoms with Gasteiger partial charge in [-0.2, -0.15) is 0 Å². The molecule has 0 radical (unpaired) electrons. The van der Waals surface area contributed by atoms with Crippen molar-refractivity contribution >= 4 is 40.3 Å². The molecule has 1 saturated heterocycles. The first-order chi connectivity index (χ1) is 11.0. The number of non-ortho nitro benzene ring substituents is 1. The van der Waals surface area contributed by atoms with Gasteiger partial charge in [-0.1, -0.05) is 17.8 Å². The Balaban J connectivity index is 1.78. The maximum Gasteiger partial charge on any atom is 0.326 e. The van der Waals surface area contributed by atoms with Crippen LogP contribution >= 0.6 is 11.8 Å². The predicted octanol–water partition coefficient (Wildman–Crippen LogP) is 1.25. The summed E-state index contributed by atoms with van der Waals surface area (Å²) in [6.07, 6.45) is 0. The number of nitrogens with one attached hydrogen (secondary N) is 1. The molecule has 0 unspecified atom stereocenters. The number of hydrogen-bond donors (Lipinski definition) is 1. The van der Waals surface area contributed by atoms with Crippen molar-refractivity contribution in [3.63, 3.8) is 0 Å². The highest BCUT2D eigenvalue weighted by molar-refractivity contribution is 8.13. The quantitative estimate of drug-likeness (QED) is 0.470. The van der Waals surface area contributed by atoms with E-state index in [0.717, 1.165) is 11.8 Å². The molecule has 1 aromatic rings. The number of esters is 1. The van der Waals surface area contributed by atoms with Crippen molar-refractivity contribution in [3.8, 4) is 0 Å². The molecule has 0 aliphatic carbocycles. The van der Waals surface area contributed by atoms with Crippen molar-refractivity contribution in [2.24, 2.45) is 0 Å². The molecule has 1 N–H and O–H groups in total. The SMILES string of the molecule is O=C(COC(=O)CN1CCSC1=O)Nc1cccc([N+](=O)[O-])c1. The first-order valence-corrected chi connectivity index (χ1v) is 7.56. The van der Waals surface area contributed by atoms with Crippen LogP contribution in [0.25, 0.3) is 0 Å². The summed E-state index contributed by atoms with van der Waals surface area (Å²) < 4.78 is 4.78. The Morgan fingerprint density at radius 2 is 2.22 bits per heavy atom. The molecular formula is C13H13N3O6S. The molecule has 1 heterocycles. The lowest BCUT2D eigenvalue weighted by Gasteiger charge is -2.13. The number of thioether (sulfide) groups is 1. The molecule has 0 spiro atoms. The minimum atomic E-state index is -0.685. The van der Waals surface area contributed by atoms with Crippen molar-refractivity contribution in [1.29, 1.82) is 0 Å². The number of benzene rings is 1. The zero-order valence-electron chi connectivity index (χ0n) is 11.9. The minimum absolute atomic E-state index is 0.162. The summed E-state index contributed by atoms with van der Waals surface area (Å²) in [6.45, 7) is -0.259. The van der Waals surface area contributed by atoms with Gasteiger partial charge < -0.3 is 15.0 Å². The van der Waals surface area contributed by atoms with Gasteiger partial charge in [-0.3, -0.25) is 24.5 Å². The zero-order chi connectivity index (χ0) is 16.8. The van der Waals surface area contributed by atoms with E-state index in [1.807, 2.05) is 0 Å². The second-order valence-electron chi connectivity index (χ2n) is 4.55. The maximum atomic E-state index is 11.7. The number of amides is 2. The van der Waals surface area contributed by atoms with Crippen LogP contribution in [0.1, 0.15) is 0 Å². The number of hydrogen-bond acceptors (Lipinski definition) is 7. The van der Waals surface area contributed by atoms with Gasteiger partial charge >= 0.3 is 5.97 Å². The van der Waals surface area contributed by atoms with Crippen LogP contribution in [0.3, 0.4) is 0 Å². The van der Waals surface area contributed by atoms with E-state index in [1.54, 1.807) is 0 Å². The van der Waals surface area contributed by atoms with Gasteiger partial charge in [0.05, 0.1) is 4.92 Å². The molecule has 1 aliphatic rings. The van der Waals surface area contributed by atoms with Crippen molar-refractivity contribution in [2.75, 3.05) is 30.8 Å². The van der Waals surface area contributed by atoms with Gasteiger partial charge in [0, 0.05) is 30.1 Å². The average Bonchev–Trinajstić information content (AvgIpc) is 2.90. The summed E-state index contributed by atoms with van der Waals surface area (Å²) >= 11 is 1.12. The van der Waals surface area contributed by atoms with E-state index in [-0.39, 0.29) is 23.2 Å². The first kappa shape index (κ1) is 16.7. The fourth-order valence-corrected chi connectivity index (χ4v) is 2.64. The molecule has 2 amide bonds. The second kappa shape index (κ2) is 7.58. The normalized spacial score (nSPS) is 13.7. The fourth-order valence-electron chi connectivity index (χ4n) is 1.81. The topological polar surface area (TPSA) is 119 Å². The Morgan fingerprint density at radius 3 is 2.87 bits per heavy atom. The molecule has 0 aromatic heterocycles. The van der Waals surface area contributed by atoms with Crippen LogP contribution in [0.2, 0.25) is 0 Å². The number of nitro groups is 1. The van der Waals surface area contributed by atoms with Crippen LogP contribution in [0.15, 0.2) is 24.3 Å². The molecule has 0 saturated carbocycles. The average molecular weight is 339 g/mol. The summed E-state index contributed by atoms with van der Waals surface area (Å²) in [4.78, 5) is 45.9. The Kier molecular flexibility index (Phi) is 5.52. The third kappa shape index (κ3) is 4.95. The molecule has 9 nitrogen and oxygen atoms in total. The van der Waals surface area contributed by atoms with Crippen LogP contribution in [-0.4, -0.2) is 52.4 Å². The molecule has 10 heteroatoms. The Labute approximate surface area is 135 Å². The van der Waals surface area contributed by atoms with Crippen LogP contribution in [0.4, 0.5) is 16.2 Å². The van der Waals surface area contributed by atoms with E-state index < -0.39 is 23.4 Å². The molecular weight excluding hydrogens is 326 g/mol. The van der Waals surface area contributed by atoms with E-state index in [4.69, 9.17) is 4.74 Å². The maximum absolute atomic E-state index is 11.7. The zero-order valence-corrected chi connectivity index (χ0v) is 12.7. The summed E-state index contributed by atoms with van der Waals surface area (Å²) in [6, 6.07) is 5.39. The lowest BCUT2D eigenvalue weighted by molar-refractivity contribution is -0.384. The number of rotatable bonds is 6. The lowest BCUT2D eigenvalue weighted by Crippen LogP contribution is -2.32. The Bertz CT molecular complexity index is 650. The summed E-state index contributed by atoms with van der Waals surface area (Å²) in [7, 11) is 0. The van der Waals surface area contributed by atoms with Gasteiger partial charge in [-0.15, -0.1) is 0 Å². The van der Waals surface area contributed by atoms with E-state index in [9.17, 15) is 24.5 Å². The number of anilines is 1. The highest BCUT2D eigenvalue weighted by Gasteiger charge is 2.24. The Morgan fingerprint density at radius 1 is 1.43 bits per heavy atom. The van der Waals surface area contributed by atoms with Crippen LogP contribution in [0, 0.1) is 10.1 Å². The lowest BCUT2D eigenvalue weighted by atomic mass is 10.3. The van der Waals surface area contributed by atoms with E-state index >= 15 is 0 Å². The van der Waals surface area contributed by atoms with E-state index in [0.29, 0.717) is 12.3 Å². The Hall–Kier alpha value is -2.62. The van der Waals surface area contributed by atoms with Crippen molar-refractivity contribution < 1.29 is 24.0 Å². The molecule has 2 rings (SSSR count). The van der Waals surface area contributed by atoms with Gasteiger partial charge in [-0.05, 0) is 6.07 Å². The van der Waals surface area contributed by atoms with E-state index in [2.05, 4.69) is 5.32 Å². The molecule has 0 atom stereocenters. The molecule has 0 bridgehead atoms. The van der Waals surface area contributed by atoms with Gasteiger partial charge in [0.2, 0.25) is 0 Å². The highest BCUT2D eigenvalue weighted by Crippen LogP contribution is 2.17. The van der Waals surface area contributed by atoms with Crippen LogP contribution in [0.5, 0.6) is 0 Å². The summed E-state index contributed by atoms with van der Waals surface area (Å²) in [5.41, 5.74) is 0.0659. The number of nitrogens with zero attached hydrogens (tertiary/aromatic N) is 2. The third-order valence-electron chi connectivity index (χ3n) is 2.87. The second-order valence-corrected chi connectivity index (χ2v) is 5.60. The van der Waals surface area contributed by atoms with Gasteiger partial charge in [0.1, 0.15) is 6.54 Å². The van der Waals surface area contributed by atoms with Crippen molar-refractivity contribution in [2.45, 2.75) is 0 Å². The van der Waals surface area contributed by atoms with E-state index in [1.165, 1.54) is 29.2 Å². The molecule has 122 valence electrons. The van der Waals surface area contributed by atoms with Crippen LogP contribution < -0.4 is 5.32 Å². The van der Waals surface area contributed by atoms with Crippen molar-refractivity contribution in [3.05, 3.63) is 34.4 Å². The number of carbonyl (C=O) groups is 3. The fraction of sp³-hybridized carbons (Fsp3) is 0.308. The molecule has 23 heavy (non-hydrogen) atoms. The summed E-state index contributed by atoms with van der Waals surface area (Å²) in [5.74, 6) is -0.685. The predicted molar refractivity (Wildman–Crippen MR) is 82.1 cm³/mol. The molecule has 1 aliphatic heterocycles. The standard InChI is InChI=1S/C13H13N3O6S/c17-11(14-9-2-1-3-10(6-9)16(20)21)8-22-12(18)7-15-4-5-23-13(15)19/h1-3,6H,4-5,7-8H2,(H,14,17). The smallest absolute Gasteiger partial charge is 0.326 e. The minimum Gasteiger partial charge on any atom is -0.454 e. The molecule has 1 fully saturated rings.